The minimum atomic E-state index is -5.72. The third-order valence-electron chi connectivity index (χ3n) is 4.86. The molecule has 1 aromatic rings. The minimum absolute atomic E-state index is 0.00457. The maximum atomic E-state index is 12.6. The second-order valence-electron chi connectivity index (χ2n) is 8.54. The predicted molar refractivity (Wildman–Crippen MR) is 106 cm³/mol. The number of ether oxygens (including phenoxy) is 1. The molecule has 1 amide bonds. The fourth-order valence-corrected chi connectivity index (χ4v) is 4.12. The van der Waals surface area contributed by atoms with Crippen LogP contribution < -0.4 is 0 Å². The molecule has 0 N–H and O–H groups in total. The topological polar surface area (TPSA) is 32.8 Å². The monoisotopic (exact) mass is 472 g/mol. The lowest BCUT2D eigenvalue weighted by Crippen LogP contribution is -2.51. The number of hydrogen-bond donors (Lipinski definition) is 0. The Balaban J connectivity index is 2.00. The zero-order valence-corrected chi connectivity index (χ0v) is 18.8. The molecular weight excluding hydrogens is 446 g/mol. The van der Waals surface area contributed by atoms with E-state index in [1.807, 2.05) is 18.2 Å². The largest absolute Gasteiger partial charge is 0.434 e. The van der Waals surface area contributed by atoms with Crippen LogP contribution in [-0.4, -0.2) is 59.9 Å². The molecule has 0 saturated carbocycles. The summed E-state index contributed by atoms with van der Waals surface area (Å²) in [5, 5.41) is 0. The predicted octanol–water partition coefficient (Wildman–Crippen LogP) is 5.86. The second-order valence-corrected chi connectivity index (χ2v) is 9.65. The summed E-state index contributed by atoms with van der Waals surface area (Å²) in [5.41, 5.74) is 3.35. The molecule has 0 atom stereocenters. The van der Waals surface area contributed by atoms with E-state index in [-0.39, 0.29) is 31.6 Å². The van der Waals surface area contributed by atoms with Gasteiger partial charge in [0.2, 0.25) is 0 Å². The summed E-state index contributed by atoms with van der Waals surface area (Å²) in [6, 6.07) is 4.22. The maximum Gasteiger partial charge on any atom is 0.434 e. The van der Waals surface area contributed by atoms with Crippen molar-refractivity contribution in [1.82, 2.24) is 9.21 Å². The van der Waals surface area contributed by atoms with Crippen LogP contribution in [0.3, 0.4) is 0 Å². The zero-order valence-electron chi connectivity index (χ0n) is 17.9. The molecule has 0 unspecified atom stereocenters. The lowest BCUT2D eigenvalue weighted by Gasteiger charge is -2.35. The van der Waals surface area contributed by atoms with Crippen molar-refractivity contribution in [2.45, 2.75) is 63.4 Å². The van der Waals surface area contributed by atoms with Crippen LogP contribution in [0.15, 0.2) is 17.0 Å². The van der Waals surface area contributed by atoms with E-state index in [2.05, 4.69) is 37.6 Å². The van der Waals surface area contributed by atoms with Crippen LogP contribution in [0, 0.1) is 13.8 Å². The van der Waals surface area contributed by atoms with Crippen molar-refractivity contribution in [2.75, 3.05) is 26.2 Å². The molecule has 2 rings (SSSR count). The van der Waals surface area contributed by atoms with Gasteiger partial charge in [0, 0.05) is 31.1 Å². The summed E-state index contributed by atoms with van der Waals surface area (Å²) < 4.78 is 81.3. The van der Waals surface area contributed by atoms with Gasteiger partial charge in [0.15, 0.2) is 0 Å². The van der Waals surface area contributed by atoms with E-state index in [0.717, 1.165) is 20.9 Å². The highest BCUT2D eigenvalue weighted by Crippen LogP contribution is 2.37. The number of carbonyl (C=O) groups is 1. The van der Waals surface area contributed by atoms with Gasteiger partial charge < -0.3 is 9.64 Å². The van der Waals surface area contributed by atoms with Crippen molar-refractivity contribution in [2.24, 2.45) is 0 Å². The van der Waals surface area contributed by atoms with Crippen molar-refractivity contribution >= 4 is 18.0 Å². The van der Waals surface area contributed by atoms with Gasteiger partial charge >= 0.3 is 18.4 Å². The maximum absolute atomic E-state index is 12.6. The van der Waals surface area contributed by atoms with Gasteiger partial charge in [-0.1, -0.05) is 32.9 Å². The van der Waals surface area contributed by atoms with Crippen LogP contribution in [0.1, 0.15) is 37.5 Å². The Morgan fingerprint density at radius 1 is 0.935 bits per heavy atom. The Kier molecular flexibility index (Phi) is 7.52. The van der Waals surface area contributed by atoms with Crippen molar-refractivity contribution in [3.8, 4) is 0 Å². The van der Waals surface area contributed by atoms with Gasteiger partial charge in [0.05, 0.1) is 0 Å². The number of nitrogens with zero attached hydrogens (tertiary/aromatic N) is 2. The first-order valence-electron chi connectivity index (χ1n) is 9.64. The van der Waals surface area contributed by atoms with Gasteiger partial charge in [-0.25, -0.2) is 9.10 Å². The number of piperazine rings is 1. The second kappa shape index (κ2) is 9.09. The van der Waals surface area contributed by atoms with E-state index < -0.39 is 24.5 Å². The molecule has 0 spiro atoms. The molecule has 1 aliphatic rings. The molecule has 1 aliphatic heterocycles. The summed E-state index contributed by atoms with van der Waals surface area (Å²) >= 11 is 1.47. The highest BCUT2D eigenvalue weighted by atomic mass is 32.2. The molecule has 4 nitrogen and oxygen atoms in total. The Labute approximate surface area is 182 Å². The van der Waals surface area contributed by atoms with Crippen LogP contribution in [0.5, 0.6) is 0 Å². The molecule has 0 aliphatic carbocycles. The molecule has 0 aromatic heterocycles. The third kappa shape index (κ3) is 6.68. The molecule has 1 fully saturated rings. The molecule has 1 heterocycles. The number of amides is 1. The average molecular weight is 472 g/mol. The Bertz CT molecular complexity index is 759. The third-order valence-corrected chi connectivity index (χ3v) is 6.31. The molecule has 0 radical (unpaired) electrons. The first-order valence-corrected chi connectivity index (χ1v) is 10.4. The highest BCUT2D eigenvalue weighted by Gasteiger charge is 2.60. The average Bonchev–Trinajstić information content (AvgIpc) is 2.60. The summed E-state index contributed by atoms with van der Waals surface area (Å²) in [4.78, 5) is 13.8. The van der Waals surface area contributed by atoms with Crippen molar-refractivity contribution < 1.29 is 35.9 Å². The van der Waals surface area contributed by atoms with E-state index in [4.69, 9.17) is 0 Å². The number of halogens is 6. The fourth-order valence-electron chi connectivity index (χ4n) is 3.11. The SMILES string of the molecule is Cc1cc(C(C)(C)C)cc(C)c1SN1CCN(C(=O)OC(C(F)(F)F)C(F)(F)F)CC1. The van der Waals surface area contributed by atoms with Gasteiger partial charge in [0.1, 0.15) is 0 Å². The van der Waals surface area contributed by atoms with Gasteiger partial charge in [-0.05, 0) is 47.9 Å². The van der Waals surface area contributed by atoms with Gasteiger partial charge in [-0.2, -0.15) is 26.3 Å². The zero-order chi connectivity index (χ0) is 23.8. The Morgan fingerprint density at radius 2 is 1.39 bits per heavy atom. The first-order chi connectivity index (χ1) is 14.0. The van der Waals surface area contributed by atoms with E-state index in [1.54, 1.807) is 0 Å². The Morgan fingerprint density at radius 3 is 1.77 bits per heavy atom. The van der Waals surface area contributed by atoms with Crippen LogP contribution in [-0.2, 0) is 10.2 Å². The summed E-state index contributed by atoms with van der Waals surface area (Å²) in [6.07, 6.45) is -17.2. The lowest BCUT2D eigenvalue weighted by molar-refractivity contribution is -0.308. The molecule has 1 aromatic carbocycles. The van der Waals surface area contributed by atoms with Crippen LogP contribution in [0.2, 0.25) is 0 Å². The van der Waals surface area contributed by atoms with Gasteiger partial charge in [-0.15, -0.1) is 0 Å². The number of benzene rings is 1. The molecule has 1 saturated heterocycles. The summed E-state index contributed by atoms with van der Waals surface area (Å²) in [5.74, 6) is 0. The molecule has 11 heteroatoms. The van der Waals surface area contributed by atoms with Crippen molar-refractivity contribution in [3.63, 3.8) is 0 Å². The standard InChI is InChI=1S/C20H26F6N2O2S/c1-12-10-14(18(3,4)5)11-13(2)15(12)31-28-8-6-27(7-9-28)17(29)30-16(19(21,22)23)20(24,25)26/h10-11,16H,6-9H2,1-5H3. The first kappa shape index (κ1) is 25.6. The summed E-state index contributed by atoms with van der Waals surface area (Å²) in [7, 11) is 0. The molecule has 176 valence electrons. The number of rotatable bonds is 3. The van der Waals surface area contributed by atoms with Crippen LogP contribution in [0.25, 0.3) is 0 Å². The van der Waals surface area contributed by atoms with E-state index in [0.29, 0.717) is 0 Å². The minimum Gasteiger partial charge on any atom is -0.426 e. The van der Waals surface area contributed by atoms with E-state index in [1.165, 1.54) is 17.5 Å². The summed E-state index contributed by atoms with van der Waals surface area (Å²) in [6.45, 7) is 10.8. The quantitative estimate of drug-likeness (QED) is 0.408. The van der Waals surface area contributed by atoms with Gasteiger partial charge in [0.25, 0.3) is 6.10 Å². The lowest BCUT2D eigenvalue weighted by atomic mass is 9.85. The highest BCUT2D eigenvalue weighted by molar-refractivity contribution is 7.97. The van der Waals surface area contributed by atoms with Gasteiger partial charge in [-0.3, -0.25) is 0 Å². The number of aryl methyl sites for hydroxylation is 2. The van der Waals surface area contributed by atoms with Crippen molar-refractivity contribution in [1.29, 1.82) is 0 Å². The smallest absolute Gasteiger partial charge is 0.426 e. The normalized spacial score (nSPS) is 16.7. The molecule has 0 bridgehead atoms. The molecule has 31 heavy (non-hydrogen) atoms. The van der Waals surface area contributed by atoms with Crippen LogP contribution >= 0.6 is 11.9 Å². The van der Waals surface area contributed by atoms with Crippen molar-refractivity contribution in [3.05, 3.63) is 28.8 Å². The Hall–Kier alpha value is -1.62. The van der Waals surface area contributed by atoms with E-state index in [9.17, 15) is 31.1 Å². The molecular formula is C20H26F6N2O2S. The fraction of sp³-hybridized carbons (Fsp3) is 0.650. The number of hydrogen-bond acceptors (Lipinski definition) is 4. The number of alkyl halides is 6. The number of carbonyl (C=O) groups excluding carboxylic acids is 1. The van der Waals surface area contributed by atoms with Crippen LogP contribution in [0.4, 0.5) is 31.1 Å². The van der Waals surface area contributed by atoms with E-state index >= 15 is 0 Å².